The lowest BCUT2D eigenvalue weighted by molar-refractivity contribution is -0.138. The lowest BCUT2D eigenvalue weighted by Gasteiger charge is -2.39. The fraction of sp³-hybridized carbons (Fsp3) is 0.524. The van der Waals surface area contributed by atoms with Crippen molar-refractivity contribution in [2.24, 2.45) is 5.92 Å². The van der Waals surface area contributed by atoms with Crippen LogP contribution in [0, 0.1) is 11.7 Å². The van der Waals surface area contributed by atoms with E-state index in [0.29, 0.717) is 23.2 Å². The Morgan fingerprint density at radius 2 is 1.96 bits per heavy atom. The van der Waals surface area contributed by atoms with Crippen LogP contribution in [0.1, 0.15) is 52.5 Å². The average molecular weight is 374 g/mol. The van der Waals surface area contributed by atoms with Crippen molar-refractivity contribution >= 4 is 22.9 Å². The number of nitrogens with zero attached hydrogens (tertiary/aromatic N) is 2. The van der Waals surface area contributed by atoms with Crippen LogP contribution in [0.5, 0.6) is 0 Å². The summed E-state index contributed by atoms with van der Waals surface area (Å²) in [5, 5.41) is 0.705. The van der Waals surface area contributed by atoms with Crippen molar-refractivity contribution in [3.8, 4) is 0 Å². The highest BCUT2D eigenvalue weighted by Crippen LogP contribution is 2.33. The van der Waals surface area contributed by atoms with Gasteiger partial charge in [-0.15, -0.1) is 0 Å². The average Bonchev–Trinajstić information content (AvgIpc) is 2.89. The van der Waals surface area contributed by atoms with Gasteiger partial charge in [-0.1, -0.05) is 13.8 Å². The van der Waals surface area contributed by atoms with Crippen LogP contribution in [-0.2, 0) is 9.53 Å². The van der Waals surface area contributed by atoms with E-state index >= 15 is 0 Å². The molecule has 1 aromatic carbocycles. The van der Waals surface area contributed by atoms with Gasteiger partial charge >= 0.3 is 6.09 Å². The highest BCUT2D eigenvalue weighted by molar-refractivity contribution is 5.96. The first kappa shape index (κ1) is 19.4. The molecule has 1 fully saturated rings. The lowest BCUT2D eigenvalue weighted by atomic mass is 9.91. The molecule has 3 rings (SSSR count). The van der Waals surface area contributed by atoms with E-state index in [1.165, 1.54) is 16.7 Å². The van der Waals surface area contributed by atoms with Crippen molar-refractivity contribution < 1.29 is 18.7 Å². The molecule has 0 radical (unpaired) electrons. The third kappa shape index (κ3) is 3.84. The van der Waals surface area contributed by atoms with Crippen molar-refractivity contribution in [3.63, 3.8) is 0 Å². The van der Waals surface area contributed by atoms with Gasteiger partial charge in [0.15, 0.2) is 0 Å². The van der Waals surface area contributed by atoms with Gasteiger partial charge in [-0.2, -0.15) is 0 Å². The Hall–Kier alpha value is -2.37. The molecule has 0 bridgehead atoms. The van der Waals surface area contributed by atoms with Crippen molar-refractivity contribution in [1.82, 2.24) is 9.47 Å². The normalized spacial score (nSPS) is 16.3. The second kappa shape index (κ2) is 6.98. The molecule has 0 N–H and O–H groups in total. The standard InChI is InChI=1S/C21H27FN2O3/c1-6-15(19(25)23-10-13(2)11-23)17-12-24(20(26)27-21(3,4)5)18-9-14(22)7-8-16(17)18/h7-9,12-13,15H,6,10-11H2,1-5H3. The molecule has 1 aliphatic rings. The SMILES string of the molecule is CCC(C(=O)N1CC(C)C1)c1cn(C(=O)OC(C)(C)C)c2cc(F)ccc12. The molecular weight excluding hydrogens is 347 g/mol. The number of fused-ring (bicyclic) bond motifs is 1. The molecule has 1 unspecified atom stereocenters. The maximum absolute atomic E-state index is 13.9. The van der Waals surface area contributed by atoms with Crippen LogP contribution in [0.15, 0.2) is 24.4 Å². The first-order chi connectivity index (χ1) is 12.6. The summed E-state index contributed by atoms with van der Waals surface area (Å²) >= 11 is 0. The molecule has 2 aromatic rings. The number of aromatic nitrogens is 1. The minimum Gasteiger partial charge on any atom is -0.443 e. The second-order valence-corrected chi connectivity index (χ2v) is 8.41. The van der Waals surface area contributed by atoms with E-state index in [-0.39, 0.29) is 11.8 Å². The predicted molar refractivity (Wildman–Crippen MR) is 102 cm³/mol. The second-order valence-electron chi connectivity index (χ2n) is 8.41. The van der Waals surface area contributed by atoms with E-state index in [9.17, 15) is 14.0 Å². The zero-order valence-corrected chi connectivity index (χ0v) is 16.6. The van der Waals surface area contributed by atoms with Gasteiger partial charge in [0, 0.05) is 24.7 Å². The first-order valence-electron chi connectivity index (χ1n) is 9.43. The fourth-order valence-electron chi connectivity index (χ4n) is 3.59. The van der Waals surface area contributed by atoms with E-state index in [2.05, 4.69) is 6.92 Å². The van der Waals surface area contributed by atoms with Crippen molar-refractivity contribution in [1.29, 1.82) is 0 Å². The molecule has 0 spiro atoms. The molecule has 1 saturated heterocycles. The number of carbonyl (C=O) groups excluding carboxylic acids is 2. The van der Waals surface area contributed by atoms with Gasteiger partial charge in [0.25, 0.3) is 0 Å². The zero-order chi connectivity index (χ0) is 19.9. The summed E-state index contributed by atoms with van der Waals surface area (Å²) in [4.78, 5) is 27.4. The van der Waals surface area contributed by atoms with Crippen LogP contribution >= 0.6 is 0 Å². The van der Waals surface area contributed by atoms with Crippen LogP contribution < -0.4 is 0 Å². The van der Waals surface area contributed by atoms with E-state index in [0.717, 1.165) is 18.7 Å². The molecular formula is C21H27FN2O3. The number of carbonyl (C=O) groups is 2. The molecule has 1 aromatic heterocycles. The van der Waals surface area contributed by atoms with Crippen molar-refractivity contribution in [2.45, 2.75) is 52.6 Å². The summed E-state index contributed by atoms with van der Waals surface area (Å²) in [5.41, 5.74) is 0.486. The van der Waals surface area contributed by atoms with E-state index in [1.54, 1.807) is 33.0 Å². The Labute approximate surface area is 159 Å². The Balaban J connectivity index is 2.04. The summed E-state index contributed by atoms with van der Waals surface area (Å²) in [6.07, 6.45) is 1.66. The molecule has 2 heterocycles. The number of likely N-dealkylation sites (tertiary alicyclic amines) is 1. The third-order valence-electron chi connectivity index (χ3n) is 4.85. The predicted octanol–water partition coefficient (Wildman–Crippen LogP) is 4.54. The summed E-state index contributed by atoms with van der Waals surface area (Å²) < 4.78 is 20.6. The molecule has 6 heteroatoms. The van der Waals surface area contributed by atoms with Gasteiger partial charge in [0.05, 0.1) is 11.4 Å². The molecule has 1 atom stereocenters. The minimum absolute atomic E-state index is 0.0585. The number of halogens is 1. The number of hydrogen-bond acceptors (Lipinski definition) is 3. The van der Waals surface area contributed by atoms with Crippen LogP contribution in [0.25, 0.3) is 10.9 Å². The topological polar surface area (TPSA) is 51.5 Å². The Bertz CT molecular complexity index is 875. The Kier molecular flexibility index (Phi) is 5.02. The summed E-state index contributed by atoms with van der Waals surface area (Å²) in [5.74, 6) is -0.228. The molecule has 0 aliphatic carbocycles. The van der Waals surface area contributed by atoms with Gasteiger partial charge < -0.3 is 9.64 Å². The zero-order valence-electron chi connectivity index (χ0n) is 16.6. The number of hydrogen-bond donors (Lipinski definition) is 0. The van der Waals surface area contributed by atoms with Gasteiger partial charge in [-0.25, -0.2) is 9.18 Å². The number of ether oxygens (including phenoxy) is 1. The van der Waals surface area contributed by atoms with Crippen LogP contribution in [-0.4, -0.2) is 40.2 Å². The number of benzene rings is 1. The smallest absolute Gasteiger partial charge is 0.419 e. The highest BCUT2D eigenvalue weighted by Gasteiger charge is 2.34. The van der Waals surface area contributed by atoms with Gasteiger partial charge in [0.2, 0.25) is 5.91 Å². The minimum atomic E-state index is -0.672. The van der Waals surface area contributed by atoms with Gasteiger partial charge in [-0.05, 0) is 56.9 Å². The maximum Gasteiger partial charge on any atom is 0.419 e. The van der Waals surface area contributed by atoms with Crippen LogP contribution in [0.3, 0.4) is 0 Å². The lowest BCUT2D eigenvalue weighted by Crippen LogP contribution is -2.50. The molecule has 0 saturated carbocycles. The molecule has 146 valence electrons. The third-order valence-corrected chi connectivity index (χ3v) is 4.85. The van der Waals surface area contributed by atoms with E-state index in [1.807, 2.05) is 11.8 Å². The summed E-state index contributed by atoms with van der Waals surface area (Å²) in [6, 6.07) is 4.30. The van der Waals surface area contributed by atoms with Gasteiger partial charge in [-0.3, -0.25) is 9.36 Å². The molecule has 1 aliphatic heterocycles. The number of rotatable bonds is 3. The Morgan fingerprint density at radius 3 is 2.52 bits per heavy atom. The fourth-order valence-corrected chi connectivity index (χ4v) is 3.59. The molecule has 5 nitrogen and oxygen atoms in total. The highest BCUT2D eigenvalue weighted by atomic mass is 19.1. The Morgan fingerprint density at radius 1 is 1.30 bits per heavy atom. The van der Waals surface area contributed by atoms with Crippen LogP contribution in [0.4, 0.5) is 9.18 Å². The molecule has 27 heavy (non-hydrogen) atoms. The van der Waals surface area contributed by atoms with Gasteiger partial charge in [0.1, 0.15) is 11.4 Å². The first-order valence-corrected chi connectivity index (χ1v) is 9.43. The van der Waals surface area contributed by atoms with Crippen molar-refractivity contribution in [2.75, 3.05) is 13.1 Å². The number of amides is 1. The monoisotopic (exact) mass is 374 g/mol. The maximum atomic E-state index is 13.9. The summed E-state index contributed by atoms with van der Waals surface area (Å²) in [6.45, 7) is 10.9. The summed E-state index contributed by atoms with van der Waals surface area (Å²) in [7, 11) is 0. The van der Waals surface area contributed by atoms with Crippen molar-refractivity contribution in [3.05, 3.63) is 35.8 Å². The van der Waals surface area contributed by atoms with E-state index in [4.69, 9.17) is 4.74 Å². The van der Waals surface area contributed by atoms with Crippen LogP contribution in [0.2, 0.25) is 0 Å². The quantitative estimate of drug-likeness (QED) is 0.793. The molecule has 1 amide bonds. The van der Waals surface area contributed by atoms with E-state index < -0.39 is 17.5 Å². The largest absolute Gasteiger partial charge is 0.443 e.